The highest BCUT2D eigenvalue weighted by Crippen LogP contribution is 2.67. The highest BCUT2D eigenvalue weighted by Gasteiger charge is 2.67. The van der Waals surface area contributed by atoms with Crippen LogP contribution in [0, 0.1) is 17.3 Å². The summed E-state index contributed by atoms with van der Waals surface area (Å²) in [5.74, 6) is 0.629. The van der Waals surface area contributed by atoms with Crippen LogP contribution in [-0.2, 0) is 9.53 Å². The normalized spacial score (nSPS) is 41.9. The molecule has 0 aromatic heterocycles. The maximum Gasteiger partial charge on any atom is 0.228 e. The molecule has 1 saturated heterocycles. The summed E-state index contributed by atoms with van der Waals surface area (Å²) in [4.78, 5) is 15.8. The van der Waals surface area contributed by atoms with Gasteiger partial charge in [-0.05, 0) is 100 Å². The monoisotopic (exact) mass is 432 g/mol. The van der Waals surface area contributed by atoms with Gasteiger partial charge in [-0.2, -0.15) is 0 Å². The second-order valence-electron chi connectivity index (χ2n) is 11.4. The van der Waals surface area contributed by atoms with E-state index in [0.717, 1.165) is 50.6 Å². The summed E-state index contributed by atoms with van der Waals surface area (Å²) in [5, 5.41) is 3.20. The molecule has 6 rings (SSSR count). The molecule has 2 heterocycles. The summed E-state index contributed by atoms with van der Waals surface area (Å²) in [6, 6.07) is 10.5. The minimum absolute atomic E-state index is 0.0336. The van der Waals surface area contributed by atoms with Crippen molar-refractivity contribution in [3.05, 3.63) is 53.6 Å². The van der Waals surface area contributed by atoms with E-state index >= 15 is 0 Å². The van der Waals surface area contributed by atoms with Gasteiger partial charge in [0.15, 0.2) is 0 Å². The largest absolute Gasteiger partial charge is 0.359 e. The van der Waals surface area contributed by atoms with Gasteiger partial charge in [0.05, 0.1) is 11.2 Å². The molecular formula is C28H36N2O2. The summed E-state index contributed by atoms with van der Waals surface area (Å²) in [5.41, 5.74) is 3.55. The topological polar surface area (TPSA) is 41.6 Å². The summed E-state index contributed by atoms with van der Waals surface area (Å²) in [7, 11) is 4.42. The zero-order valence-electron chi connectivity index (χ0n) is 19.7. The molecule has 0 radical (unpaired) electrons. The van der Waals surface area contributed by atoms with Crippen molar-refractivity contribution in [3.63, 3.8) is 0 Å². The van der Waals surface area contributed by atoms with E-state index < -0.39 is 0 Å². The molecule has 5 aliphatic rings. The molecule has 2 aliphatic heterocycles. The number of hydrogen-bond acceptors (Lipinski definition) is 3. The number of hydrogen-bond donors (Lipinski definition) is 1. The number of benzene rings is 1. The maximum absolute atomic E-state index is 13.4. The number of nitrogens with one attached hydrogen (secondary N) is 1. The molecular weight excluding hydrogens is 396 g/mol. The first kappa shape index (κ1) is 20.7. The molecule has 1 aromatic carbocycles. The Balaban J connectivity index is 1.31. The average molecular weight is 433 g/mol. The van der Waals surface area contributed by atoms with Crippen molar-refractivity contribution in [2.24, 2.45) is 17.3 Å². The zero-order chi connectivity index (χ0) is 22.1. The number of para-hydroxylation sites is 1. The first-order chi connectivity index (χ1) is 15.4. The first-order valence-corrected chi connectivity index (χ1v) is 12.5. The highest BCUT2D eigenvalue weighted by atomic mass is 16.5. The third kappa shape index (κ3) is 2.78. The predicted molar refractivity (Wildman–Crippen MR) is 127 cm³/mol. The molecule has 170 valence electrons. The summed E-state index contributed by atoms with van der Waals surface area (Å²) < 4.78 is 7.29. The Kier molecular flexibility index (Phi) is 4.55. The van der Waals surface area contributed by atoms with Gasteiger partial charge in [0.25, 0.3) is 0 Å². The molecule has 3 fully saturated rings. The number of amides is 1. The molecule has 6 atom stereocenters. The lowest BCUT2D eigenvalue weighted by Gasteiger charge is -2.54. The lowest BCUT2D eigenvalue weighted by Crippen LogP contribution is -2.55. The molecule has 1 aromatic rings. The number of carbonyl (C=O) groups excluding carboxylic acids is 1. The van der Waals surface area contributed by atoms with Crippen LogP contribution in [-0.4, -0.2) is 42.1 Å². The van der Waals surface area contributed by atoms with Crippen LogP contribution in [0.5, 0.6) is 0 Å². The predicted octanol–water partition coefficient (Wildman–Crippen LogP) is 5.33. The highest BCUT2D eigenvalue weighted by molar-refractivity contribution is 5.93. The minimum atomic E-state index is -0.188. The quantitative estimate of drug-likeness (QED) is 0.702. The fourth-order valence-electron chi connectivity index (χ4n) is 8.00. The number of allylic oxidation sites excluding steroid dienone is 1. The van der Waals surface area contributed by atoms with Gasteiger partial charge < -0.3 is 15.0 Å². The van der Waals surface area contributed by atoms with Crippen LogP contribution in [0.2, 0.25) is 0 Å². The van der Waals surface area contributed by atoms with Crippen molar-refractivity contribution in [1.29, 1.82) is 0 Å². The Morgan fingerprint density at radius 3 is 2.72 bits per heavy atom. The molecule has 1 amide bonds. The van der Waals surface area contributed by atoms with Crippen molar-refractivity contribution < 1.29 is 9.53 Å². The number of fused-ring (bicyclic) bond motifs is 1. The lowest BCUT2D eigenvalue weighted by atomic mass is 9.58. The van der Waals surface area contributed by atoms with Crippen molar-refractivity contribution in [2.45, 2.75) is 75.5 Å². The van der Waals surface area contributed by atoms with Gasteiger partial charge in [-0.1, -0.05) is 37.3 Å². The van der Waals surface area contributed by atoms with Crippen LogP contribution in [0.15, 0.2) is 53.6 Å². The van der Waals surface area contributed by atoms with Crippen molar-refractivity contribution >= 4 is 11.6 Å². The van der Waals surface area contributed by atoms with Gasteiger partial charge >= 0.3 is 0 Å². The van der Waals surface area contributed by atoms with Crippen LogP contribution in [0.25, 0.3) is 0 Å². The number of nitrogens with zero attached hydrogens (tertiary/aromatic N) is 1. The van der Waals surface area contributed by atoms with Gasteiger partial charge in [0.2, 0.25) is 5.91 Å². The minimum Gasteiger partial charge on any atom is -0.359 e. The first-order valence-electron chi connectivity index (χ1n) is 12.5. The standard InChI is InChI=1S/C28H36N2O2/c1-26-14-13-20-17-19-9-10-22(30(2)3)18-27(19)15-16-28(20,32-27)24(26)12-11-23(26)25(31)29-21-7-5-4-6-8-21/h4-8,13,17,22-24H,9-12,14-16,18H2,1-3H3,(H,29,31)/t22-,23+,24+,26+,27?,28+/m0/s1. The van der Waals surface area contributed by atoms with E-state index in [4.69, 9.17) is 4.74 Å². The van der Waals surface area contributed by atoms with Crippen LogP contribution in [0.4, 0.5) is 5.69 Å². The molecule has 1 unspecified atom stereocenters. The second-order valence-corrected chi connectivity index (χ2v) is 11.4. The molecule has 1 N–H and O–H groups in total. The van der Waals surface area contributed by atoms with Crippen molar-refractivity contribution in [3.8, 4) is 0 Å². The third-order valence-corrected chi connectivity index (χ3v) is 9.74. The number of carbonyl (C=O) groups is 1. The van der Waals surface area contributed by atoms with Crippen molar-refractivity contribution in [2.75, 3.05) is 19.4 Å². The van der Waals surface area contributed by atoms with Gasteiger partial charge in [-0.25, -0.2) is 0 Å². The summed E-state index contributed by atoms with van der Waals surface area (Å²) in [6.07, 6.45) is 13.7. The van der Waals surface area contributed by atoms with Crippen LogP contribution >= 0.6 is 0 Å². The molecule has 4 nitrogen and oxygen atoms in total. The van der Waals surface area contributed by atoms with E-state index in [2.05, 4.69) is 43.4 Å². The van der Waals surface area contributed by atoms with Crippen LogP contribution < -0.4 is 5.32 Å². The fourth-order valence-corrected chi connectivity index (χ4v) is 8.00. The Labute approximate surface area is 192 Å². The molecule has 2 spiro atoms. The second kappa shape index (κ2) is 7.04. The SMILES string of the molecule is CN(C)[C@H]1CCC2=CC3=CC[C@]4(C)[C@@H](C(=O)Nc5ccccc5)CC[C@H]4[C@@]34CCC2(C1)O4. The van der Waals surface area contributed by atoms with Gasteiger partial charge in [0.1, 0.15) is 0 Å². The lowest BCUT2D eigenvalue weighted by molar-refractivity contribution is -0.146. The van der Waals surface area contributed by atoms with Gasteiger partial charge in [0, 0.05) is 17.6 Å². The Morgan fingerprint density at radius 1 is 1.12 bits per heavy atom. The molecule has 32 heavy (non-hydrogen) atoms. The van der Waals surface area contributed by atoms with E-state index in [0.29, 0.717) is 12.0 Å². The third-order valence-electron chi connectivity index (χ3n) is 9.74. The Bertz CT molecular complexity index is 998. The van der Waals surface area contributed by atoms with Gasteiger partial charge in [-0.15, -0.1) is 0 Å². The number of rotatable bonds is 3. The van der Waals surface area contributed by atoms with Crippen LogP contribution in [0.3, 0.4) is 0 Å². The maximum atomic E-state index is 13.4. The zero-order valence-corrected chi connectivity index (χ0v) is 19.7. The summed E-state index contributed by atoms with van der Waals surface area (Å²) in [6.45, 7) is 2.36. The molecule has 3 aliphatic carbocycles. The van der Waals surface area contributed by atoms with Crippen LogP contribution in [0.1, 0.15) is 58.3 Å². The number of ether oxygens (including phenoxy) is 1. The van der Waals surface area contributed by atoms with E-state index in [9.17, 15) is 4.79 Å². The van der Waals surface area contributed by atoms with E-state index in [1.165, 1.54) is 17.6 Å². The van der Waals surface area contributed by atoms with Gasteiger partial charge in [-0.3, -0.25) is 4.79 Å². The molecule has 2 saturated carbocycles. The Morgan fingerprint density at radius 2 is 1.94 bits per heavy atom. The molecule has 4 heteroatoms. The van der Waals surface area contributed by atoms with E-state index in [1.54, 1.807) is 0 Å². The molecule has 2 bridgehead atoms. The van der Waals surface area contributed by atoms with E-state index in [1.807, 2.05) is 30.3 Å². The smallest absolute Gasteiger partial charge is 0.228 e. The van der Waals surface area contributed by atoms with Crippen molar-refractivity contribution in [1.82, 2.24) is 4.90 Å². The average Bonchev–Trinajstić information content (AvgIpc) is 3.29. The van der Waals surface area contributed by atoms with E-state index in [-0.39, 0.29) is 28.4 Å². The fraction of sp³-hybridized carbons (Fsp3) is 0.607. The Hall–Kier alpha value is -1.91. The summed E-state index contributed by atoms with van der Waals surface area (Å²) >= 11 is 0. The number of anilines is 1.